The smallest absolute Gasteiger partial charge is 0.326 e. The van der Waals surface area contributed by atoms with Gasteiger partial charge in [-0.25, -0.2) is 9.18 Å². The fourth-order valence-electron chi connectivity index (χ4n) is 1.38. The summed E-state index contributed by atoms with van der Waals surface area (Å²) in [5.41, 5.74) is -0.797. The summed E-state index contributed by atoms with van der Waals surface area (Å²) in [4.78, 5) is 26.7. The molecule has 0 unspecified atom stereocenters. The molecule has 0 amide bonds. The summed E-state index contributed by atoms with van der Waals surface area (Å²) < 4.78 is 13.3. The molecule has 0 radical (unpaired) electrons. The van der Waals surface area contributed by atoms with Crippen LogP contribution in [0.4, 0.5) is 10.1 Å². The van der Waals surface area contributed by atoms with Crippen molar-refractivity contribution < 1.29 is 4.39 Å². The third-order valence-corrected chi connectivity index (χ3v) is 2.10. The predicted octanol–water partition coefficient (Wildman–Crippen LogP) is 0.397. The number of anilines is 1. The molecule has 0 aliphatic rings. The minimum absolute atomic E-state index is 0.181. The van der Waals surface area contributed by atoms with Crippen LogP contribution >= 0.6 is 0 Å². The summed E-state index contributed by atoms with van der Waals surface area (Å²) in [6.45, 7) is 0. The Kier molecular flexibility index (Phi) is 2.03. The van der Waals surface area contributed by atoms with Crippen LogP contribution in [0.3, 0.4) is 0 Å². The number of fused-ring (bicyclic) bond motifs is 1. The maximum absolute atomic E-state index is 13.3. The van der Waals surface area contributed by atoms with Crippen molar-refractivity contribution in [3.05, 3.63) is 38.8 Å². The van der Waals surface area contributed by atoms with Gasteiger partial charge in [0.15, 0.2) is 0 Å². The van der Waals surface area contributed by atoms with E-state index >= 15 is 0 Å². The summed E-state index contributed by atoms with van der Waals surface area (Å²) >= 11 is 0. The van der Waals surface area contributed by atoms with Gasteiger partial charge in [-0.1, -0.05) is 0 Å². The number of H-pyrrole nitrogens is 2. The van der Waals surface area contributed by atoms with Gasteiger partial charge in [-0.15, -0.1) is 0 Å². The standard InChI is InChI=1S/C9H8FN3O2/c1-11-7-2-4-6(3-5(7)10)12-9(15)13-8(4)14/h2-3,11H,1H3,(H2,12,13,14,15). The van der Waals surface area contributed by atoms with Crippen molar-refractivity contribution in [2.24, 2.45) is 0 Å². The molecule has 15 heavy (non-hydrogen) atoms. The van der Waals surface area contributed by atoms with Crippen molar-refractivity contribution in [1.29, 1.82) is 0 Å². The molecule has 2 rings (SSSR count). The van der Waals surface area contributed by atoms with E-state index in [2.05, 4.69) is 15.3 Å². The van der Waals surface area contributed by atoms with Gasteiger partial charge in [0.2, 0.25) is 0 Å². The lowest BCUT2D eigenvalue weighted by atomic mass is 10.2. The Morgan fingerprint density at radius 2 is 2.00 bits per heavy atom. The van der Waals surface area contributed by atoms with Crippen molar-refractivity contribution in [2.45, 2.75) is 0 Å². The molecule has 1 heterocycles. The van der Waals surface area contributed by atoms with E-state index in [1.807, 2.05) is 0 Å². The lowest BCUT2D eigenvalue weighted by molar-refractivity contribution is 0.632. The van der Waals surface area contributed by atoms with Gasteiger partial charge in [0.05, 0.1) is 16.6 Å². The highest BCUT2D eigenvalue weighted by molar-refractivity contribution is 5.81. The van der Waals surface area contributed by atoms with Crippen LogP contribution in [0, 0.1) is 5.82 Å². The SMILES string of the molecule is CNc1cc2c(=O)[nH]c(=O)[nH]c2cc1F. The first-order valence-corrected chi connectivity index (χ1v) is 4.25. The van der Waals surface area contributed by atoms with Crippen molar-refractivity contribution in [3.63, 3.8) is 0 Å². The summed E-state index contributed by atoms with van der Waals surface area (Å²) in [6.07, 6.45) is 0. The number of aromatic nitrogens is 2. The van der Waals surface area contributed by atoms with Gasteiger partial charge in [0, 0.05) is 13.1 Å². The molecule has 0 aliphatic carbocycles. The highest BCUT2D eigenvalue weighted by Crippen LogP contribution is 2.17. The minimum Gasteiger partial charge on any atom is -0.386 e. The van der Waals surface area contributed by atoms with E-state index in [0.29, 0.717) is 0 Å². The molecular formula is C9H8FN3O2. The molecule has 5 nitrogen and oxygen atoms in total. The molecule has 0 spiro atoms. The quantitative estimate of drug-likeness (QED) is 0.636. The number of benzene rings is 1. The van der Waals surface area contributed by atoms with Crippen molar-refractivity contribution >= 4 is 16.6 Å². The third kappa shape index (κ3) is 1.50. The molecule has 6 heteroatoms. The second-order valence-electron chi connectivity index (χ2n) is 3.04. The molecule has 78 valence electrons. The molecule has 2 aromatic rings. The Labute approximate surface area is 83.0 Å². The van der Waals surface area contributed by atoms with Crippen LogP contribution in [-0.2, 0) is 0 Å². The van der Waals surface area contributed by atoms with E-state index in [4.69, 9.17) is 0 Å². The molecule has 0 atom stereocenters. The van der Waals surface area contributed by atoms with Gasteiger partial charge in [-0.2, -0.15) is 0 Å². The van der Waals surface area contributed by atoms with Crippen LogP contribution in [0.2, 0.25) is 0 Å². The van der Waals surface area contributed by atoms with E-state index in [0.717, 1.165) is 6.07 Å². The Hall–Kier alpha value is -2.11. The Morgan fingerprint density at radius 3 is 2.67 bits per heavy atom. The average molecular weight is 209 g/mol. The zero-order chi connectivity index (χ0) is 11.0. The Balaban J connectivity index is 2.94. The zero-order valence-electron chi connectivity index (χ0n) is 7.85. The lowest BCUT2D eigenvalue weighted by Gasteiger charge is -2.03. The number of hydrogen-bond acceptors (Lipinski definition) is 3. The fraction of sp³-hybridized carbons (Fsp3) is 0.111. The van der Waals surface area contributed by atoms with Gasteiger partial charge in [-0.05, 0) is 6.07 Å². The van der Waals surface area contributed by atoms with Crippen LogP contribution in [0.15, 0.2) is 21.7 Å². The number of rotatable bonds is 1. The average Bonchev–Trinajstić information content (AvgIpc) is 2.16. The van der Waals surface area contributed by atoms with E-state index in [9.17, 15) is 14.0 Å². The van der Waals surface area contributed by atoms with Gasteiger partial charge < -0.3 is 10.3 Å². The molecule has 0 saturated carbocycles. The van der Waals surface area contributed by atoms with Gasteiger partial charge in [0.25, 0.3) is 5.56 Å². The first-order chi connectivity index (χ1) is 7.11. The normalized spacial score (nSPS) is 10.5. The molecule has 1 aromatic heterocycles. The predicted molar refractivity (Wildman–Crippen MR) is 54.7 cm³/mol. The molecule has 0 bridgehead atoms. The molecule has 0 aliphatic heterocycles. The monoisotopic (exact) mass is 209 g/mol. The van der Waals surface area contributed by atoms with Gasteiger partial charge >= 0.3 is 5.69 Å². The zero-order valence-corrected chi connectivity index (χ0v) is 7.85. The van der Waals surface area contributed by atoms with Gasteiger partial charge in [0.1, 0.15) is 5.82 Å². The minimum atomic E-state index is -0.649. The molecule has 0 saturated heterocycles. The summed E-state index contributed by atoms with van der Waals surface area (Å²) in [5, 5.41) is 2.85. The summed E-state index contributed by atoms with van der Waals surface area (Å²) in [5.74, 6) is -0.522. The van der Waals surface area contributed by atoms with Crippen LogP contribution in [0.25, 0.3) is 10.9 Å². The lowest BCUT2D eigenvalue weighted by Crippen LogP contribution is -2.22. The maximum Gasteiger partial charge on any atom is 0.326 e. The Bertz CT molecular complexity index is 629. The first-order valence-electron chi connectivity index (χ1n) is 4.25. The topological polar surface area (TPSA) is 77.8 Å². The molecule has 0 fully saturated rings. The van der Waals surface area contributed by atoms with E-state index in [-0.39, 0.29) is 16.6 Å². The molecule has 3 N–H and O–H groups in total. The highest BCUT2D eigenvalue weighted by atomic mass is 19.1. The summed E-state index contributed by atoms with van der Waals surface area (Å²) in [7, 11) is 1.55. The van der Waals surface area contributed by atoms with Crippen molar-refractivity contribution in [2.75, 3.05) is 12.4 Å². The third-order valence-electron chi connectivity index (χ3n) is 2.10. The molecule has 1 aromatic carbocycles. The largest absolute Gasteiger partial charge is 0.386 e. The molecular weight excluding hydrogens is 201 g/mol. The van der Waals surface area contributed by atoms with Crippen LogP contribution in [0.5, 0.6) is 0 Å². The summed E-state index contributed by atoms with van der Waals surface area (Å²) in [6, 6.07) is 2.46. The van der Waals surface area contributed by atoms with E-state index in [1.165, 1.54) is 6.07 Å². The van der Waals surface area contributed by atoms with Crippen LogP contribution in [0.1, 0.15) is 0 Å². The first kappa shape index (κ1) is 9.45. The van der Waals surface area contributed by atoms with Crippen molar-refractivity contribution in [3.8, 4) is 0 Å². The number of aromatic amines is 2. The van der Waals surface area contributed by atoms with Crippen LogP contribution in [-0.4, -0.2) is 17.0 Å². The maximum atomic E-state index is 13.3. The number of nitrogens with one attached hydrogen (secondary N) is 3. The second kappa shape index (κ2) is 3.23. The highest BCUT2D eigenvalue weighted by Gasteiger charge is 2.06. The van der Waals surface area contributed by atoms with Crippen LogP contribution < -0.4 is 16.6 Å². The second-order valence-corrected chi connectivity index (χ2v) is 3.04. The van der Waals surface area contributed by atoms with E-state index in [1.54, 1.807) is 7.05 Å². The van der Waals surface area contributed by atoms with E-state index < -0.39 is 17.1 Å². The number of hydrogen-bond donors (Lipinski definition) is 3. The van der Waals surface area contributed by atoms with Gasteiger partial charge in [-0.3, -0.25) is 9.78 Å². The fourth-order valence-corrected chi connectivity index (χ4v) is 1.38. The van der Waals surface area contributed by atoms with Crippen molar-refractivity contribution in [1.82, 2.24) is 9.97 Å². The number of halogens is 1. The Morgan fingerprint density at radius 1 is 1.27 bits per heavy atom.